The first-order valence-electron chi connectivity index (χ1n) is 10.4. The van der Waals surface area contributed by atoms with Crippen molar-refractivity contribution in [3.63, 3.8) is 0 Å². The lowest BCUT2D eigenvalue weighted by Gasteiger charge is -2.35. The van der Waals surface area contributed by atoms with Crippen molar-refractivity contribution in [2.24, 2.45) is 0 Å². The van der Waals surface area contributed by atoms with Gasteiger partial charge in [0.05, 0.1) is 17.9 Å². The summed E-state index contributed by atoms with van der Waals surface area (Å²) in [5, 5.41) is 0.00274. The van der Waals surface area contributed by atoms with E-state index in [4.69, 9.17) is 21.1 Å². The second kappa shape index (κ2) is 9.95. The molecule has 168 valence electrons. The summed E-state index contributed by atoms with van der Waals surface area (Å²) < 4.78 is 12.4. The highest BCUT2D eigenvalue weighted by Crippen LogP contribution is 2.20. The minimum atomic E-state index is -0.480. The maximum absolute atomic E-state index is 12.7. The minimum Gasteiger partial charge on any atom is -0.460 e. The van der Waals surface area contributed by atoms with Crippen LogP contribution < -0.4 is 5.56 Å². The normalized spacial score (nSPS) is 19.6. The molecule has 3 heterocycles. The highest BCUT2D eigenvalue weighted by Gasteiger charge is 2.22. The Bertz CT molecular complexity index is 1180. The number of aromatic nitrogens is 2. The van der Waals surface area contributed by atoms with Gasteiger partial charge < -0.3 is 9.47 Å². The van der Waals surface area contributed by atoms with Crippen LogP contribution in [0.2, 0.25) is 5.02 Å². The van der Waals surface area contributed by atoms with E-state index < -0.39 is 11.5 Å². The lowest BCUT2D eigenvalue weighted by molar-refractivity contribution is -0.0712. The number of hydrogen-bond donors (Lipinski definition) is 0. The number of thiazole rings is 1. The topological polar surface area (TPSA) is 73.1 Å². The predicted octanol–water partition coefficient (Wildman–Crippen LogP) is 3.85. The molecule has 3 aromatic rings. The Balaban J connectivity index is 1.45. The van der Waals surface area contributed by atoms with Gasteiger partial charge in [0.25, 0.3) is 5.56 Å². The van der Waals surface area contributed by atoms with Crippen LogP contribution in [0, 0.1) is 0 Å². The molecule has 1 aromatic carbocycles. The Morgan fingerprint density at radius 1 is 1.25 bits per heavy atom. The molecule has 9 heteroatoms. The summed E-state index contributed by atoms with van der Waals surface area (Å²) in [7, 11) is 0. The molecule has 2 aromatic heterocycles. The van der Waals surface area contributed by atoms with Crippen molar-refractivity contribution >= 4 is 46.0 Å². The highest BCUT2D eigenvalue weighted by molar-refractivity contribution is 7.18. The molecule has 0 spiro atoms. The van der Waals surface area contributed by atoms with Gasteiger partial charge in [0.1, 0.15) is 16.5 Å². The number of fused-ring (bicyclic) bond motifs is 1. The van der Waals surface area contributed by atoms with E-state index in [1.165, 1.54) is 10.6 Å². The van der Waals surface area contributed by atoms with Crippen LogP contribution in [-0.2, 0) is 9.47 Å². The fourth-order valence-electron chi connectivity index (χ4n) is 3.69. The molecule has 4 rings (SSSR count). The highest BCUT2D eigenvalue weighted by atomic mass is 35.5. The van der Waals surface area contributed by atoms with E-state index in [0.717, 1.165) is 30.0 Å². The second-order valence-electron chi connectivity index (χ2n) is 7.76. The van der Waals surface area contributed by atoms with Crippen molar-refractivity contribution in [1.82, 2.24) is 14.3 Å². The number of carbonyl (C=O) groups excluding carboxylic acids is 1. The molecule has 0 unspecified atom stereocenters. The Kier molecular flexibility index (Phi) is 7.05. The molecule has 0 bridgehead atoms. The van der Waals surface area contributed by atoms with Gasteiger partial charge in [-0.15, -0.1) is 0 Å². The Morgan fingerprint density at radius 3 is 2.69 bits per heavy atom. The monoisotopic (exact) mass is 473 g/mol. The summed E-state index contributed by atoms with van der Waals surface area (Å²) in [5.41, 5.74) is 0.902. The van der Waals surface area contributed by atoms with Gasteiger partial charge in [-0.1, -0.05) is 59.3 Å². The number of rotatable bonds is 6. The molecule has 1 fully saturated rings. The molecule has 0 N–H and O–H groups in total. The molecule has 7 nitrogen and oxygen atoms in total. The third-order valence-corrected chi connectivity index (χ3v) is 6.39. The average Bonchev–Trinajstić information content (AvgIpc) is 3.20. The number of benzene rings is 1. The van der Waals surface area contributed by atoms with Gasteiger partial charge in [-0.05, 0) is 25.5 Å². The quantitative estimate of drug-likeness (QED) is 0.506. The molecule has 0 amide bonds. The largest absolute Gasteiger partial charge is 0.460 e. The number of esters is 1. The van der Waals surface area contributed by atoms with Gasteiger partial charge in [0.15, 0.2) is 4.96 Å². The van der Waals surface area contributed by atoms with E-state index in [9.17, 15) is 9.59 Å². The van der Waals surface area contributed by atoms with Gasteiger partial charge >= 0.3 is 5.97 Å². The summed E-state index contributed by atoms with van der Waals surface area (Å²) in [5.74, 6) is -0.480. The van der Waals surface area contributed by atoms with Gasteiger partial charge in [-0.2, -0.15) is 0 Å². The van der Waals surface area contributed by atoms with Crippen molar-refractivity contribution in [2.45, 2.75) is 26.1 Å². The van der Waals surface area contributed by atoms with E-state index in [0.29, 0.717) is 22.1 Å². The van der Waals surface area contributed by atoms with Gasteiger partial charge in [0, 0.05) is 25.8 Å². The van der Waals surface area contributed by atoms with Crippen molar-refractivity contribution in [3.8, 4) is 0 Å². The van der Waals surface area contributed by atoms with Crippen LogP contribution in [0.5, 0.6) is 0 Å². The Hall–Kier alpha value is -2.52. The van der Waals surface area contributed by atoms with Crippen LogP contribution >= 0.6 is 22.9 Å². The number of nitrogens with zero attached hydrogens (tertiary/aromatic N) is 3. The van der Waals surface area contributed by atoms with Crippen molar-refractivity contribution < 1.29 is 14.3 Å². The molecule has 1 saturated heterocycles. The molecule has 1 aliphatic heterocycles. The number of halogens is 1. The fraction of sp³-hybridized carbons (Fsp3) is 0.348. The van der Waals surface area contributed by atoms with Crippen molar-refractivity contribution in [3.05, 3.63) is 68.0 Å². The zero-order valence-electron chi connectivity index (χ0n) is 17.9. The number of hydrogen-bond acceptors (Lipinski definition) is 7. The average molecular weight is 474 g/mol. The van der Waals surface area contributed by atoms with E-state index in [1.807, 2.05) is 50.3 Å². The molecular weight excluding hydrogens is 450 g/mol. The SMILES string of the molecule is C[C@@H]1CN(CCOC(=O)c2cn3c(=O)c(Cl)c(C=Cc4ccccc4)nc3s2)C[C@H](C)O1. The van der Waals surface area contributed by atoms with Gasteiger partial charge in [-0.3, -0.25) is 14.1 Å². The van der Waals surface area contributed by atoms with Crippen molar-refractivity contribution in [1.29, 1.82) is 0 Å². The van der Waals surface area contributed by atoms with Crippen molar-refractivity contribution in [2.75, 3.05) is 26.2 Å². The first-order valence-corrected chi connectivity index (χ1v) is 11.6. The van der Waals surface area contributed by atoms with Crippen LogP contribution in [0.15, 0.2) is 41.3 Å². The predicted molar refractivity (Wildman–Crippen MR) is 126 cm³/mol. The molecule has 0 saturated carbocycles. The maximum atomic E-state index is 12.7. The van der Waals surface area contributed by atoms with E-state index >= 15 is 0 Å². The number of ether oxygens (including phenoxy) is 2. The third kappa shape index (κ3) is 5.27. The molecule has 2 atom stereocenters. The first-order chi connectivity index (χ1) is 15.4. The lowest BCUT2D eigenvalue weighted by atomic mass is 10.2. The Morgan fingerprint density at radius 2 is 1.97 bits per heavy atom. The fourth-order valence-corrected chi connectivity index (χ4v) is 4.76. The molecular formula is C23H24ClN3O4S. The lowest BCUT2D eigenvalue weighted by Crippen LogP contribution is -2.46. The number of carbonyl (C=O) groups is 1. The van der Waals surface area contributed by atoms with Gasteiger partial charge in [0.2, 0.25) is 0 Å². The maximum Gasteiger partial charge on any atom is 0.350 e. The minimum absolute atomic E-state index is 0.00274. The zero-order chi connectivity index (χ0) is 22.7. The van der Waals surface area contributed by atoms with Crippen LogP contribution in [0.3, 0.4) is 0 Å². The van der Waals surface area contributed by atoms with E-state index in [2.05, 4.69) is 9.88 Å². The second-order valence-corrected chi connectivity index (χ2v) is 9.15. The summed E-state index contributed by atoms with van der Waals surface area (Å²) in [6.07, 6.45) is 5.28. The summed E-state index contributed by atoms with van der Waals surface area (Å²) in [6, 6.07) is 9.64. The Labute approximate surface area is 194 Å². The van der Waals surface area contributed by atoms with E-state index in [1.54, 1.807) is 6.08 Å². The van der Waals surface area contributed by atoms with Gasteiger partial charge in [-0.25, -0.2) is 9.78 Å². The summed E-state index contributed by atoms with van der Waals surface area (Å²) >= 11 is 7.35. The van der Waals surface area contributed by atoms with Crippen LogP contribution in [0.4, 0.5) is 0 Å². The smallest absolute Gasteiger partial charge is 0.350 e. The molecule has 0 aliphatic carbocycles. The summed E-state index contributed by atoms with van der Waals surface area (Å²) in [4.78, 5) is 32.6. The van der Waals surface area contributed by atoms with Crippen LogP contribution in [-0.4, -0.2) is 58.7 Å². The first kappa shape index (κ1) is 22.7. The molecule has 0 radical (unpaired) electrons. The number of morpholine rings is 1. The molecule has 1 aliphatic rings. The summed E-state index contributed by atoms with van der Waals surface area (Å²) in [6.45, 7) is 6.58. The van der Waals surface area contributed by atoms with Crippen LogP contribution in [0.1, 0.15) is 34.8 Å². The van der Waals surface area contributed by atoms with E-state index in [-0.39, 0.29) is 23.8 Å². The zero-order valence-corrected chi connectivity index (χ0v) is 19.4. The van der Waals surface area contributed by atoms with Crippen LogP contribution in [0.25, 0.3) is 17.1 Å². The standard InChI is InChI=1S/C23H24ClN3O4S/c1-15-12-26(13-16(2)31-15)10-11-30-22(29)19-14-27-21(28)20(24)18(25-23(27)32-19)9-8-17-6-4-3-5-7-17/h3-9,14-16H,10-13H2,1-2H3/t15-,16+. The third-order valence-electron chi connectivity index (χ3n) is 5.07. The molecule has 32 heavy (non-hydrogen) atoms.